The van der Waals surface area contributed by atoms with Gasteiger partial charge in [-0.1, -0.05) is 6.07 Å². The molecule has 0 unspecified atom stereocenters. The Bertz CT molecular complexity index is 956. The number of hydrogen-bond donors (Lipinski definition) is 1. The molecule has 0 fully saturated rings. The van der Waals surface area contributed by atoms with Gasteiger partial charge in [-0.25, -0.2) is 9.37 Å². The number of ether oxygens (including phenoxy) is 2. The van der Waals surface area contributed by atoms with Crippen LogP contribution in [-0.2, 0) is 0 Å². The van der Waals surface area contributed by atoms with E-state index in [0.29, 0.717) is 16.5 Å². The van der Waals surface area contributed by atoms with Crippen LogP contribution < -0.4 is 14.8 Å². The molecule has 5 nitrogen and oxygen atoms in total. The Morgan fingerprint density at radius 2 is 1.88 bits per heavy atom. The number of carbonyl (C=O) groups is 1. The minimum atomic E-state index is -0.478. The largest absolute Gasteiger partial charge is 0.493 e. The highest BCUT2D eigenvalue weighted by Gasteiger charge is 2.15. The fraction of sp³-hybridized carbons (Fsp3) is 0.158. The molecule has 0 radical (unpaired) electrons. The van der Waals surface area contributed by atoms with E-state index in [1.165, 1.54) is 23.5 Å². The third-order valence-electron chi connectivity index (χ3n) is 3.74. The van der Waals surface area contributed by atoms with E-state index in [-0.39, 0.29) is 11.4 Å². The van der Waals surface area contributed by atoms with Gasteiger partial charge in [-0.3, -0.25) is 4.79 Å². The van der Waals surface area contributed by atoms with Crippen molar-refractivity contribution in [2.24, 2.45) is 0 Å². The van der Waals surface area contributed by atoms with Crippen LogP contribution in [0.4, 0.5) is 10.1 Å². The van der Waals surface area contributed by atoms with Gasteiger partial charge in [0, 0.05) is 10.9 Å². The molecule has 1 amide bonds. The summed E-state index contributed by atoms with van der Waals surface area (Å²) in [6.07, 6.45) is 0. The second-order valence-corrected chi connectivity index (χ2v) is 6.40. The van der Waals surface area contributed by atoms with Gasteiger partial charge in [0.2, 0.25) is 0 Å². The smallest absolute Gasteiger partial charge is 0.275 e. The second-order valence-electron chi connectivity index (χ2n) is 5.55. The van der Waals surface area contributed by atoms with Crippen LogP contribution >= 0.6 is 11.3 Å². The summed E-state index contributed by atoms with van der Waals surface area (Å²) in [4.78, 5) is 16.7. The molecule has 2 aromatic carbocycles. The lowest BCUT2D eigenvalue weighted by Gasteiger charge is -2.08. The number of thiazole rings is 1. The Morgan fingerprint density at radius 1 is 1.12 bits per heavy atom. The Kier molecular flexibility index (Phi) is 5.18. The third-order valence-corrected chi connectivity index (χ3v) is 4.63. The van der Waals surface area contributed by atoms with Crippen LogP contribution in [0, 0.1) is 12.7 Å². The summed E-state index contributed by atoms with van der Waals surface area (Å²) in [6.45, 7) is 1.78. The summed E-state index contributed by atoms with van der Waals surface area (Å²) in [5.74, 6) is 0.248. The normalized spacial score (nSPS) is 10.5. The summed E-state index contributed by atoms with van der Waals surface area (Å²) >= 11 is 1.32. The standard InChI is InChI=1S/C19H17FN2O3S/c1-11-4-6-14(13(20)8-11)21-18(23)15-10-26-19(22-15)12-5-7-16(24-2)17(9-12)25-3/h4-10H,1-3H3,(H,21,23). The van der Waals surface area contributed by atoms with Crippen LogP contribution in [0.5, 0.6) is 11.5 Å². The van der Waals surface area contributed by atoms with Gasteiger partial charge >= 0.3 is 0 Å². The van der Waals surface area contributed by atoms with Crippen LogP contribution in [0.15, 0.2) is 41.8 Å². The molecule has 0 aliphatic rings. The number of aryl methyl sites for hydroxylation is 1. The number of methoxy groups -OCH3 is 2. The maximum absolute atomic E-state index is 13.9. The molecule has 0 bridgehead atoms. The fourth-order valence-corrected chi connectivity index (χ4v) is 3.18. The molecule has 1 heterocycles. The second kappa shape index (κ2) is 7.53. The molecular formula is C19H17FN2O3S. The minimum absolute atomic E-state index is 0.126. The van der Waals surface area contributed by atoms with Crippen LogP contribution in [0.3, 0.4) is 0 Å². The highest BCUT2D eigenvalue weighted by molar-refractivity contribution is 7.13. The monoisotopic (exact) mass is 372 g/mol. The first-order valence-corrected chi connectivity index (χ1v) is 8.65. The average molecular weight is 372 g/mol. The van der Waals surface area contributed by atoms with Crippen molar-refractivity contribution in [3.8, 4) is 22.1 Å². The number of hydrogen-bond acceptors (Lipinski definition) is 5. The van der Waals surface area contributed by atoms with Crippen molar-refractivity contribution in [1.29, 1.82) is 0 Å². The van der Waals surface area contributed by atoms with Gasteiger partial charge in [0.15, 0.2) is 11.5 Å². The van der Waals surface area contributed by atoms with Crippen LogP contribution in [0.1, 0.15) is 16.1 Å². The van der Waals surface area contributed by atoms with E-state index >= 15 is 0 Å². The molecule has 1 N–H and O–H groups in total. The first-order valence-electron chi connectivity index (χ1n) is 7.77. The van der Waals surface area contributed by atoms with Crippen molar-refractivity contribution < 1.29 is 18.7 Å². The van der Waals surface area contributed by atoms with E-state index in [9.17, 15) is 9.18 Å². The van der Waals surface area contributed by atoms with Gasteiger partial charge in [0.05, 0.1) is 19.9 Å². The average Bonchev–Trinajstić information content (AvgIpc) is 3.13. The van der Waals surface area contributed by atoms with Crippen molar-refractivity contribution in [3.63, 3.8) is 0 Å². The maximum Gasteiger partial charge on any atom is 0.275 e. The highest BCUT2D eigenvalue weighted by atomic mass is 32.1. The lowest BCUT2D eigenvalue weighted by molar-refractivity contribution is 0.102. The summed E-state index contributed by atoms with van der Waals surface area (Å²) < 4.78 is 24.4. The zero-order valence-electron chi connectivity index (χ0n) is 14.5. The molecule has 134 valence electrons. The predicted molar refractivity (Wildman–Crippen MR) is 99.7 cm³/mol. The first kappa shape index (κ1) is 17.9. The molecule has 0 aliphatic heterocycles. The van der Waals surface area contributed by atoms with Gasteiger partial charge in [0.25, 0.3) is 5.91 Å². The molecule has 0 aliphatic carbocycles. The van der Waals surface area contributed by atoms with E-state index in [1.807, 2.05) is 6.07 Å². The zero-order chi connectivity index (χ0) is 18.7. The minimum Gasteiger partial charge on any atom is -0.493 e. The number of aromatic nitrogens is 1. The van der Waals surface area contributed by atoms with E-state index in [0.717, 1.165) is 11.1 Å². The van der Waals surface area contributed by atoms with Crippen LogP contribution in [0.2, 0.25) is 0 Å². The number of benzene rings is 2. The van der Waals surface area contributed by atoms with Gasteiger partial charge in [-0.2, -0.15) is 0 Å². The summed E-state index contributed by atoms with van der Waals surface area (Å²) in [5, 5.41) is 4.83. The summed E-state index contributed by atoms with van der Waals surface area (Å²) in [6, 6.07) is 10.0. The van der Waals surface area contributed by atoms with Crippen molar-refractivity contribution in [2.75, 3.05) is 19.5 Å². The molecule has 0 saturated heterocycles. The Balaban J connectivity index is 1.82. The van der Waals surface area contributed by atoms with Crippen molar-refractivity contribution in [1.82, 2.24) is 4.98 Å². The van der Waals surface area contributed by atoms with Gasteiger partial charge in [-0.05, 0) is 42.8 Å². The van der Waals surface area contributed by atoms with Gasteiger partial charge < -0.3 is 14.8 Å². The van der Waals surface area contributed by atoms with Gasteiger partial charge in [0.1, 0.15) is 16.5 Å². The molecular weight excluding hydrogens is 355 g/mol. The van der Waals surface area contributed by atoms with Crippen molar-refractivity contribution >= 4 is 22.9 Å². The quantitative estimate of drug-likeness (QED) is 0.715. The number of amides is 1. The van der Waals surface area contributed by atoms with Crippen LogP contribution in [-0.4, -0.2) is 25.1 Å². The lowest BCUT2D eigenvalue weighted by atomic mass is 10.2. The van der Waals surface area contributed by atoms with E-state index < -0.39 is 11.7 Å². The fourth-order valence-electron chi connectivity index (χ4n) is 2.39. The first-order chi connectivity index (χ1) is 12.5. The van der Waals surface area contributed by atoms with Crippen LogP contribution in [0.25, 0.3) is 10.6 Å². The van der Waals surface area contributed by atoms with E-state index in [2.05, 4.69) is 10.3 Å². The number of nitrogens with one attached hydrogen (secondary N) is 1. The summed E-state index contributed by atoms with van der Waals surface area (Å²) in [7, 11) is 3.12. The number of rotatable bonds is 5. The zero-order valence-corrected chi connectivity index (χ0v) is 15.3. The lowest BCUT2D eigenvalue weighted by Crippen LogP contribution is -2.13. The number of anilines is 1. The molecule has 7 heteroatoms. The van der Waals surface area contributed by atoms with E-state index in [4.69, 9.17) is 9.47 Å². The summed E-state index contributed by atoms with van der Waals surface area (Å²) in [5.41, 5.74) is 1.93. The SMILES string of the molecule is COc1ccc(-c2nc(C(=O)Nc3ccc(C)cc3F)cs2)cc1OC. The maximum atomic E-state index is 13.9. The predicted octanol–water partition coefficient (Wildman–Crippen LogP) is 4.53. The van der Waals surface area contributed by atoms with Crippen molar-refractivity contribution in [2.45, 2.75) is 6.92 Å². The Hall–Kier alpha value is -2.93. The molecule has 0 spiro atoms. The number of nitrogens with zero attached hydrogens (tertiary/aromatic N) is 1. The topological polar surface area (TPSA) is 60.5 Å². The molecule has 0 saturated carbocycles. The number of carbonyl (C=O) groups excluding carboxylic acids is 1. The molecule has 1 aromatic heterocycles. The highest BCUT2D eigenvalue weighted by Crippen LogP contribution is 2.33. The number of halogens is 1. The van der Waals surface area contributed by atoms with Gasteiger partial charge in [-0.15, -0.1) is 11.3 Å². The molecule has 3 aromatic rings. The van der Waals surface area contributed by atoms with E-state index in [1.54, 1.807) is 44.7 Å². The third kappa shape index (κ3) is 3.67. The van der Waals surface area contributed by atoms with Crippen molar-refractivity contribution in [3.05, 3.63) is 58.9 Å². The molecule has 3 rings (SSSR count). The molecule has 0 atom stereocenters. The Morgan fingerprint density at radius 3 is 2.58 bits per heavy atom. The Labute approximate surface area is 154 Å². The molecule has 26 heavy (non-hydrogen) atoms.